The van der Waals surface area contributed by atoms with E-state index in [1.807, 2.05) is 12.1 Å². The second kappa shape index (κ2) is 11.8. The predicted molar refractivity (Wildman–Crippen MR) is 106 cm³/mol. The van der Waals surface area contributed by atoms with Gasteiger partial charge in [0.05, 0.1) is 45.8 Å². The van der Waals surface area contributed by atoms with Gasteiger partial charge in [0.15, 0.2) is 5.11 Å². The van der Waals surface area contributed by atoms with Crippen LogP contribution in [-0.2, 0) is 4.74 Å². The molecule has 0 saturated carbocycles. The molecule has 0 spiro atoms. The summed E-state index contributed by atoms with van der Waals surface area (Å²) in [7, 11) is 4.19. The lowest BCUT2D eigenvalue weighted by molar-refractivity contribution is -0.896. The molecule has 0 heterocycles. The Morgan fingerprint density at radius 1 is 1.12 bits per heavy atom. The maximum atomic E-state index is 12.0. The zero-order chi connectivity index (χ0) is 18.7. The van der Waals surface area contributed by atoms with Crippen molar-refractivity contribution >= 4 is 29.0 Å². The summed E-state index contributed by atoms with van der Waals surface area (Å²) in [6.45, 7) is 9.43. The summed E-state index contributed by atoms with van der Waals surface area (Å²) in [5.74, 6) is -0.284. The standard InChI is InChI=1S/C18H30N4O2S/c1-5-22(6-2)13-14-24-17(23)15-7-9-16(10-8-15)20-18(25)19-11-12-21(3)4/h7-10H,5-6,11-14H2,1-4H3,(H2,19,20,25)/p+2. The average molecular weight is 369 g/mol. The number of rotatable bonds is 10. The number of nitrogens with one attached hydrogen (secondary N) is 4. The first kappa shape index (κ1) is 21.3. The number of esters is 1. The highest BCUT2D eigenvalue weighted by molar-refractivity contribution is 7.80. The summed E-state index contributed by atoms with van der Waals surface area (Å²) in [4.78, 5) is 14.8. The van der Waals surface area contributed by atoms with E-state index in [9.17, 15) is 4.79 Å². The topological polar surface area (TPSA) is 59.2 Å². The van der Waals surface area contributed by atoms with Crippen LogP contribution in [0.5, 0.6) is 0 Å². The number of hydrogen-bond acceptors (Lipinski definition) is 3. The molecule has 0 fully saturated rings. The molecular weight excluding hydrogens is 336 g/mol. The quantitative estimate of drug-likeness (QED) is 0.322. The third-order valence-corrected chi connectivity index (χ3v) is 4.22. The number of hydrogen-bond donors (Lipinski definition) is 4. The Morgan fingerprint density at radius 3 is 2.32 bits per heavy atom. The molecular formula is C18H32N4O2S+2. The van der Waals surface area contributed by atoms with Gasteiger partial charge in [-0.05, 0) is 50.3 Å². The molecule has 0 aliphatic rings. The first-order valence-electron chi connectivity index (χ1n) is 8.90. The first-order valence-corrected chi connectivity index (χ1v) is 9.31. The van der Waals surface area contributed by atoms with Gasteiger partial charge in [-0.25, -0.2) is 4.79 Å². The fourth-order valence-electron chi connectivity index (χ4n) is 2.27. The van der Waals surface area contributed by atoms with Gasteiger partial charge in [-0.3, -0.25) is 0 Å². The summed E-state index contributed by atoms with van der Waals surface area (Å²) in [5, 5.41) is 6.85. The van der Waals surface area contributed by atoms with Crippen LogP contribution in [0.25, 0.3) is 0 Å². The van der Waals surface area contributed by atoms with E-state index < -0.39 is 0 Å². The van der Waals surface area contributed by atoms with Gasteiger partial charge < -0.3 is 25.2 Å². The number of carbonyl (C=O) groups excluding carboxylic acids is 1. The average Bonchev–Trinajstić information content (AvgIpc) is 2.59. The molecule has 1 aromatic carbocycles. The van der Waals surface area contributed by atoms with Crippen LogP contribution in [0, 0.1) is 0 Å². The summed E-state index contributed by atoms with van der Waals surface area (Å²) < 4.78 is 5.34. The van der Waals surface area contributed by atoms with Crippen molar-refractivity contribution in [1.82, 2.24) is 5.32 Å². The zero-order valence-corrected chi connectivity index (χ0v) is 16.6. The third kappa shape index (κ3) is 8.81. The van der Waals surface area contributed by atoms with Crippen LogP contribution in [0.15, 0.2) is 24.3 Å². The Labute approximate surface area is 156 Å². The molecule has 6 nitrogen and oxygen atoms in total. The van der Waals surface area contributed by atoms with Crippen LogP contribution < -0.4 is 20.4 Å². The number of ether oxygens (including phenoxy) is 1. The molecule has 0 atom stereocenters. The van der Waals surface area contributed by atoms with Gasteiger partial charge in [-0.1, -0.05) is 0 Å². The Kier molecular flexibility index (Phi) is 10.1. The number of quaternary nitrogens is 2. The van der Waals surface area contributed by atoms with E-state index in [-0.39, 0.29) is 5.97 Å². The highest BCUT2D eigenvalue weighted by atomic mass is 32.1. The third-order valence-electron chi connectivity index (χ3n) is 3.98. The SMILES string of the molecule is CC[NH+](CC)CCOC(=O)c1ccc(NC(=S)NCC[NH+](C)C)cc1. The highest BCUT2D eigenvalue weighted by Crippen LogP contribution is 2.10. The van der Waals surface area contributed by atoms with Crippen molar-refractivity contribution in [3.63, 3.8) is 0 Å². The monoisotopic (exact) mass is 368 g/mol. The van der Waals surface area contributed by atoms with Crippen LogP contribution in [0.3, 0.4) is 0 Å². The fourth-order valence-corrected chi connectivity index (χ4v) is 2.49. The zero-order valence-electron chi connectivity index (χ0n) is 15.8. The van der Waals surface area contributed by atoms with Crippen LogP contribution in [0.4, 0.5) is 5.69 Å². The van der Waals surface area contributed by atoms with Crippen molar-refractivity contribution in [2.75, 3.05) is 58.7 Å². The van der Waals surface area contributed by atoms with Crippen molar-refractivity contribution in [1.29, 1.82) is 0 Å². The van der Waals surface area contributed by atoms with Crippen molar-refractivity contribution in [2.24, 2.45) is 0 Å². The molecule has 0 aliphatic heterocycles. The maximum absolute atomic E-state index is 12.0. The molecule has 0 unspecified atom stereocenters. The van der Waals surface area contributed by atoms with E-state index in [1.54, 1.807) is 12.1 Å². The van der Waals surface area contributed by atoms with E-state index in [0.29, 0.717) is 17.3 Å². The molecule has 7 heteroatoms. The second-order valence-electron chi connectivity index (χ2n) is 6.26. The summed E-state index contributed by atoms with van der Waals surface area (Å²) in [6.07, 6.45) is 0. The molecule has 0 saturated heterocycles. The van der Waals surface area contributed by atoms with Crippen molar-refractivity contribution in [3.8, 4) is 0 Å². The minimum Gasteiger partial charge on any atom is -0.456 e. The summed E-state index contributed by atoms with van der Waals surface area (Å²) in [5.41, 5.74) is 1.40. The van der Waals surface area contributed by atoms with Crippen LogP contribution in [0.2, 0.25) is 0 Å². The predicted octanol–water partition coefficient (Wildman–Crippen LogP) is -0.801. The maximum Gasteiger partial charge on any atom is 0.338 e. The van der Waals surface area contributed by atoms with Gasteiger partial charge in [0.25, 0.3) is 0 Å². The highest BCUT2D eigenvalue weighted by Gasteiger charge is 2.09. The molecule has 140 valence electrons. The van der Waals surface area contributed by atoms with Gasteiger partial charge in [0.1, 0.15) is 13.2 Å². The number of likely N-dealkylation sites (N-methyl/N-ethyl adjacent to an activating group) is 2. The Bertz CT molecular complexity index is 530. The number of anilines is 1. The van der Waals surface area contributed by atoms with Gasteiger partial charge in [-0.2, -0.15) is 0 Å². The second-order valence-corrected chi connectivity index (χ2v) is 6.67. The van der Waals surface area contributed by atoms with E-state index in [4.69, 9.17) is 17.0 Å². The Balaban J connectivity index is 2.39. The minimum absolute atomic E-state index is 0.284. The van der Waals surface area contributed by atoms with Crippen molar-refractivity contribution < 1.29 is 19.3 Å². The van der Waals surface area contributed by atoms with E-state index in [2.05, 4.69) is 38.6 Å². The summed E-state index contributed by atoms with van der Waals surface area (Å²) >= 11 is 5.25. The van der Waals surface area contributed by atoms with Gasteiger partial charge >= 0.3 is 5.97 Å². The van der Waals surface area contributed by atoms with Gasteiger partial charge in [-0.15, -0.1) is 0 Å². The van der Waals surface area contributed by atoms with Crippen LogP contribution in [0.1, 0.15) is 24.2 Å². The number of benzene rings is 1. The molecule has 0 bridgehead atoms. The molecule has 25 heavy (non-hydrogen) atoms. The van der Waals surface area contributed by atoms with Crippen LogP contribution >= 0.6 is 12.2 Å². The largest absolute Gasteiger partial charge is 0.456 e. The molecule has 0 aliphatic carbocycles. The normalized spacial score (nSPS) is 10.8. The van der Waals surface area contributed by atoms with Crippen molar-refractivity contribution in [2.45, 2.75) is 13.8 Å². The molecule has 0 radical (unpaired) electrons. The van der Waals surface area contributed by atoms with Crippen LogP contribution in [-0.4, -0.2) is 64.5 Å². The molecule has 1 rings (SSSR count). The van der Waals surface area contributed by atoms with Gasteiger partial charge in [0.2, 0.25) is 0 Å². The lowest BCUT2D eigenvalue weighted by Gasteiger charge is -2.15. The Morgan fingerprint density at radius 2 is 1.76 bits per heavy atom. The first-order chi connectivity index (χ1) is 12.0. The lowest BCUT2D eigenvalue weighted by atomic mass is 10.2. The molecule has 1 aromatic rings. The molecule has 4 N–H and O–H groups in total. The smallest absolute Gasteiger partial charge is 0.338 e. The number of thiocarbonyl (C=S) groups is 1. The molecule has 0 amide bonds. The fraction of sp³-hybridized carbons (Fsp3) is 0.556. The summed E-state index contributed by atoms with van der Waals surface area (Å²) in [6, 6.07) is 7.16. The van der Waals surface area contributed by atoms with Gasteiger partial charge in [0, 0.05) is 5.69 Å². The van der Waals surface area contributed by atoms with E-state index >= 15 is 0 Å². The minimum atomic E-state index is -0.284. The lowest BCUT2D eigenvalue weighted by Crippen LogP contribution is -3.11. The van der Waals surface area contributed by atoms with Crippen molar-refractivity contribution in [3.05, 3.63) is 29.8 Å². The molecule has 0 aromatic heterocycles. The van der Waals surface area contributed by atoms with E-state index in [1.165, 1.54) is 9.80 Å². The van der Waals surface area contributed by atoms with E-state index in [0.717, 1.165) is 38.4 Å². The number of carbonyl (C=O) groups is 1. The Hall–Kier alpha value is -1.70.